The fraction of sp³-hybridized carbons (Fsp3) is 0.111. The maximum atomic E-state index is 12.1. The lowest BCUT2D eigenvalue weighted by atomic mass is 10.1. The Hall–Kier alpha value is -3.73. The third-order valence-corrected chi connectivity index (χ3v) is 7.15. The Labute approximate surface area is 246 Å². The molecule has 0 spiro atoms. The maximum Gasteiger partial charge on any atom is 0.342 e. The predicted molar refractivity (Wildman–Crippen MR) is 154 cm³/mol. The van der Waals surface area contributed by atoms with Gasteiger partial charge in [0.2, 0.25) is 0 Å². The molecule has 198 valence electrons. The van der Waals surface area contributed by atoms with Crippen LogP contribution in [-0.2, 0) is 11.4 Å². The zero-order chi connectivity index (χ0) is 27.9. The molecule has 0 aliphatic heterocycles. The molecule has 0 fully saturated rings. The molecule has 0 amide bonds. The van der Waals surface area contributed by atoms with Crippen molar-refractivity contribution in [1.29, 1.82) is 5.26 Å². The summed E-state index contributed by atoms with van der Waals surface area (Å²) in [6.45, 7) is 0.165. The van der Waals surface area contributed by atoms with Crippen LogP contribution in [0.25, 0.3) is 17.5 Å². The molecule has 0 radical (unpaired) electrons. The number of ether oxygens (including phenoxy) is 3. The number of rotatable bonds is 10. The summed E-state index contributed by atoms with van der Waals surface area (Å²) >= 11 is 8.98. The van der Waals surface area contributed by atoms with E-state index in [-0.39, 0.29) is 22.6 Å². The van der Waals surface area contributed by atoms with Crippen molar-refractivity contribution in [2.45, 2.75) is 11.8 Å². The van der Waals surface area contributed by atoms with Crippen molar-refractivity contribution < 1.29 is 28.5 Å². The van der Waals surface area contributed by atoms with E-state index in [0.717, 1.165) is 17.3 Å². The van der Waals surface area contributed by atoms with Crippen LogP contribution in [0, 0.1) is 14.9 Å². The second-order valence-corrected chi connectivity index (χ2v) is 10.3. The molecule has 3 aromatic carbocycles. The molecule has 1 aromatic heterocycles. The van der Waals surface area contributed by atoms with E-state index < -0.39 is 5.97 Å². The van der Waals surface area contributed by atoms with Gasteiger partial charge in [0.15, 0.2) is 11.5 Å². The second kappa shape index (κ2) is 12.9. The van der Waals surface area contributed by atoms with Gasteiger partial charge in [-0.3, -0.25) is 0 Å². The van der Waals surface area contributed by atoms with Crippen molar-refractivity contribution in [3.63, 3.8) is 0 Å². The van der Waals surface area contributed by atoms with Crippen LogP contribution in [-0.4, -0.2) is 35.5 Å². The molecular weight excluding hydrogens is 657 g/mol. The second-order valence-electron chi connectivity index (χ2n) is 7.73. The fourth-order valence-electron chi connectivity index (χ4n) is 3.46. The summed E-state index contributed by atoms with van der Waals surface area (Å²) in [5.74, 6) is 0.323. The molecule has 0 unspecified atom stereocenters. The van der Waals surface area contributed by atoms with Gasteiger partial charge in [-0.2, -0.15) is 5.26 Å². The number of methoxy groups -OCH3 is 2. The SMILES string of the molecule is COc1ccc(Cl)cc1-c1nnc(S/C(=C\c2cc(I)c(OCc3ccccc3C#N)c(OC)c2)C(=O)O)o1. The number of aromatic nitrogens is 2. The van der Waals surface area contributed by atoms with E-state index in [9.17, 15) is 15.2 Å². The van der Waals surface area contributed by atoms with Crippen LogP contribution in [0.15, 0.2) is 69.1 Å². The molecule has 0 atom stereocenters. The van der Waals surface area contributed by atoms with Gasteiger partial charge in [0.1, 0.15) is 17.3 Å². The van der Waals surface area contributed by atoms with Gasteiger partial charge < -0.3 is 23.7 Å². The number of nitriles is 1. The summed E-state index contributed by atoms with van der Waals surface area (Å²) < 4.78 is 23.2. The monoisotopic (exact) mass is 675 g/mol. The average Bonchev–Trinajstić information content (AvgIpc) is 3.40. The van der Waals surface area contributed by atoms with Crippen molar-refractivity contribution in [2.24, 2.45) is 0 Å². The van der Waals surface area contributed by atoms with Crippen LogP contribution in [0.4, 0.5) is 0 Å². The number of hydrogen-bond acceptors (Lipinski definition) is 9. The minimum absolute atomic E-state index is 0.0263. The number of carboxylic acid groups (broad SMARTS) is 1. The lowest BCUT2D eigenvalue weighted by Crippen LogP contribution is -2.02. The zero-order valence-corrected chi connectivity index (χ0v) is 24.2. The molecule has 1 heterocycles. The third kappa shape index (κ3) is 6.83. The van der Waals surface area contributed by atoms with E-state index >= 15 is 0 Å². The molecule has 12 heteroatoms. The highest BCUT2D eigenvalue weighted by atomic mass is 127. The standard InChI is InChI=1S/C27H19ClIN3O6S/c1-35-21-8-7-18(28)12-19(21)25-31-32-27(38-25)39-23(26(33)34)11-15-9-20(29)24(22(10-15)36-2)37-14-17-6-4-3-5-16(17)13-30/h3-12H,14H2,1-2H3,(H,33,34)/b23-11-. The predicted octanol–water partition coefficient (Wildman–Crippen LogP) is 6.68. The van der Waals surface area contributed by atoms with E-state index in [2.05, 4.69) is 38.9 Å². The lowest BCUT2D eigenvalue weighted by molar-refractivity contribution is -0.131. The van der Waals surface area contributed by atoms with E-state index in [0.29, 0.717) is 42.5 Å². The zero-order valence-electron chi connectivity index (χ0n) is 20.5. The first kappa shape index (κ1) is 28.3. The molecule has 1 N–H and O–H groups in total. The molecule has 0 saturated carbocycles. The van der Waals surface area contributed by atoms with Crippen LogP contribution >= 0.6 is 46.0 Å². The van der Waals surface area contributed by atoms with Crippen molar-refractivity contribution >= 4 is 58.0 Å². The van der Waals surface area contributed by atoms with Crippen molar-refractivity contribution in [1.82, 2.24) is 10.2 Å². The quantitative estimate of drug-likeness (QED) is 0.110. The number of aliphatic carboxylic acids is 1. The summed E-state index contributed by atoms with van der Waals surface area (Å²) in [6.07, 6.45) is 1.47. The van der Waals surface area contributed by atoms with E-state index in [1.54, 1.807) is 42.5 Å². The first-order valence-electron chi connectivity index (χ1n) is 11.1. The third-order valence-electron chi connectivity index (χ3n) is 5.27. The van der Waals surface area contributed by atoms with E-state index in [4.69, 9.17) is 30.2 Å². The molecular formula is C27H19ClIN3O6S. The number of hydrogen-bond donors (Lipinski definition) is 1. The highest BCUT2D eigenvalue weighted by Gasteiger charge is 2.19. The Morgan fingerprint density at radius 2 is 1.92 bits per heavy atom. The van der Waals surface area contributed by atoms with Gasteiger partial charge in [0.25, 0.3) is 11.1 Å². The van der Waals surface area contributed by atoms with Gasteiger partial charge in [-0.15, -0.1) is 10.2 Å². The average molecular weight is 676 g/mol. The largest absolute Gasteiger partial charge is 0.496 e. The first-order valence-corrected chi connectivity index (χ1v) is 13.4. The smallest absolute Gasteiger partial charge is 0.342 e. The van der Waals surface area contributed by atoms with Gasteiger partial charge >= 0.3 is 5.97 Å². The van der Waals surface area contributed by atoms with Crippen LogP contribution < -0.4 is 14.2 Å². The fourth-order valence-corrected chi connectivity index (χ4v) is 5.08. The van der Waals surface area contributed by atoms with Crippen LogP contribution in [0.3, 0.4) is 0 Å². The normalized spacial score (nSPS) is 11.1. The molecule has 0 bridgehead atoms. The summed E-state index contributed by atoms with van der Waals surface area (Å²) in [6, 6.07) is 17.7. The van der Waals surface area contributed by atoms with Crippen LogP contribution in [0.2, 0.25) is 5.02 Å². The minimum Gasteiger partial charge on any atom is -0.496 e. The summed E-state index contributed by atoms with van der Waals surface area (Å²) in [4.78, 5) is 12.0. The number of carboxylic acids is 1. The van der Waals surface area contributed by atoms with Crippen LogP contribution in [0.5, 0.6) is 17.2 Å². The van der Waals surface area contributed by atoms with Crippen molar-refractivity contribution in [3.8, 4) is 34.8 Å². The number of nitrogens with zero attached hydrogens (tertiary/aromatic N) is 3. The Bertz CT molecular complexity index is 1600. The Morgan fingerprint density at radius 1 is 1.15 bits per heavy atom. The van der Waals surface area contributed by atoms with Gasteiger partial charge in [-0.25, -0.2) is 4.79 Å². The molecule has 4 aromatic rings. The van der Waals surface area contributed by atoms with Gasteiger partial charge in [0, 0.05) is 10.6 Å². The summed E-state index contributed by atoms with van der Waals surface area (Å²) in [5.41, 5.74) is 2.30. The number of halogens is 2. The molecule has 0 aliphatic rings. The molecule has 4 rings (SSSR count). The Balaban J connectivity index is 1.59. The van der Waals surface area contributed by atoms with Crippen molar-refractivity contribution in [3.05, 3.63) is 84.8 Å². The number of benzene rings is 3. The van der Waals surface area contributed by atoms with E-state index in [1.807, 2.05) is 12.1 Å². The van der Waals surface area contributed by atoms with Gasteiger partial charge in [-0.1, -0.05) is 29.8 Å². The summed E-state index contributed by atoms with van der Waals surface area (Å²) in [7, 11) is 2.99. The maximum absolute atomic E-state index is 12.1. The molecule has 39 heavy (non-hydrogen) atoms. The highest BCUT2D eigenvalue weighted by molar-refractivity contribution is 14.1. The number of thioether (sulfide) groups is 1. The van der Waals surface area contributed by atoms with Gasteiger partial charge in [-0.05, 0) is 82.4 Å². The van der Waals surface area contributed by atoms with Crippen molar-refractivity contribution in [2.75, 3.05) is 14.2 Å². The topological polar surface area (TPSA) is 128 Å². The lowest BCUT2D eigenvalue weighted by Gasteiger charge is -2.14. The van der Waals surface area contributed by atoms with Crippen LogP contribution in [0.1, 0.15) is 16.7 Å². The molecule has 9 nitrogen and oxygen atoms in total. The number of carbonyl (C=O) groups is 1. The molecule has 0 aliphatic carbocycles. The van der Waals surface area contributed by atoms with E-state index in [1.165, 1.54) is 20.3 Å². The molecule has 0 saturated heterocycles. The Kier molecular flexibility index (Phi) is 9.34. The highest BCUT2D eigenvalue weighted by Crippen LogP contribution is 2.38. The summed E-state index contributed by atoms with van der Waals surface area (Å²) in [5, 5.41) is 27.6. The minimum atomic E-state index is -1.18. The Morgan fingerprint density at radius 3 is 2.64 bits per heavy atom. The first-order chi connectivity index (χ1) is 18.8. The van der Waals surface area contributed by atoms with Gasteiger partial charge in [0.05, 0.1) is 35.0 Å².